The summed E-state index contributed by atoms with van der Waals surface area (Å²) in [4.78, 5) is 19.7. The van der Waals surface area contributed by atoms with Crippen molar-refractivity contribution < 1.29 is 23.1 Å². The van der Waals surface area contributed by atoms with E-state index in [2.05, 4.69) is 27.2 Å². The molecule has 26 heavy (non-hydrogen) atoms. The normalized spacial score (nSPS) is 20.5. The van der Waals surface area contributed by atoms with E-state index in [4.69, 9.17) is 5.73 Å². The van der Waals surface area contributed by atoms with Gasteiger partial charge in [-0.15, -0.1) is 0 Å². The SMILES string of the molecule is C=C(CCC(F)(F)F)Nc1nc(NC2CCC(O)CC2)ncc1C(N)=O. The molecule has 0 atom stereocenters. The summed E-state index contributed by atoms with van der Waals surface area (Å²) < 4.78 is 37.0. The number of halogens is 3. The molecule has 7 nitrogen and oxygen atoms in total. The maximum absolute atomic E-state index is 12.3. The van der Waals surface area contributed by atoms with Crippen LogP contribution in [0.4, 0.5) is 24.9 Å². The maximum atomic E-state index is 12.3. The summed E-state index contributed by atoms with van der Waals surface area (Å²) in [5.74, 6) is -0.566. The fraction of sp³-hybridized carbons (Fsp3) is 0.562. The zero-order valence-corrected chi connectivity index (χ0v) is 14.1. The highest BCUT2D eigenvalue weighted by molar-refractivity contribution is 5.97. The minimum absolute atomic E-state index is 0.0121. The van der Waals surface area contributed by atoms with E-state index in [-0.39, 0.29) is 41.6 Å². The molecule has 1 heterocycles. The molecule has 0 unspecified atom stereocenters. The van der Waals surface area contributed by atoms with E-state index in [1.807, 2.05) is 0 Å². The first kappa shape index (κ1) is 20.0. The summed E-state index contributed by atoms with van der Waals surface area (Å²) in [7, 11) is 0. The number of hydrogen-bond acceptors (Lipinski definition) is 6. The third-order valence-corrected chi connectivity index (χ3v) is 4.09. The smallest absolute Gasteiger partial charge is 0.389 e. The van der Waals surface area contributed by atoms with Gasteiger partial charge in [-0.2, -0.15) is 18.2 Å². The van der Waals surface area contributed by atoms with Crippen molar-refractivity contribution in [2.75, 3.05) is 10.6 Å². The second-order valence-corrected chi connectivity index (χ2v) is 6.31. The molecule has 0 saturated heterocycles. The molecule has 10 heteroatoms. The molecular formula is C16H22F3N5O2. The number of amides is 1. The van der Waals surface area contributed by atoms with Crippen LogP contribution in [-0.2, 0) is 0 Å². The predicted molar refractivity (Wildman–Crippen MR) is 90.5 cm³/mol. The van der Waals surface area contributed by atoms with Gasteiger partial charge in [-0.05, 0) is 32.1 Å². The number of anilines is 2. The highest BCUT2D eigenvalue weighted by Gasteiger charge is 2.27. The van der Waals surface area contributed by atoms with E-state index in [0.29, 0.717) is 12.8 Å². The number of hydrogen-bond donors (Lipinski definition) is 4. The largest absolute Gasteiger partial charge is 0.393 e. The number of nitrogens with zero attached hydrogens (tertiary/aromatic N) is 2. The topological polar surface area (TPSA) is 113 Å². The average molecular weight is 373 g/mol. The fourth-order valence-corrected chi connectivity index (χ4v) is 2.65. The lowest BCUT2D eigenvalue weighted by Crippen LogP contribution is -2.29. The van der Waals surface area contributed by atoms with E-state index in [1.54, 1.807) is 0 Å². The summed E-state index contributed by atoms with van der Waals surface area (Å²) in [6.07, 6.45) is -1.98. The van der Waals surface area contributed by atoms with Gasteiger partial charge in [-0.3, -0.25) is 4.79 Å². The van der Waals surface area contributed by atoms with Gasteiger partial charge < -0.3 is 21.5 Å². The molecule has 1 aromatic rings. The number of rotatable bonds is 7. The minimum atomic E-state index is -4.30. The van der Waals surface area contributed by atoms with E-state index >= 15 is 0 Å². The van der Waals surface area contributed by atoms with Crippen LogP contribution in [0.3, 0.4) is 0 Å². The number of primary amides is 1. The number of nitrogens with two attached hydrogens (primary N) is 1. The van der Waals surface area contributed by atoms with Crippen LogP contribution < -0.4 is 16.4 Å². The highest BCUT2D eigenvalue weighted by atomic mass is 19.4. The first-order valence-electron chi connectivity index (χ1n) is 8.27. The molecule has 0 radical (unpaired) electrons. The van der Waals surface area contributed by atoms with E-state index < -0.39 is 18.5 Å². The molecule has 1 amide bonds. The molecule has 1 aliphatic rings. The molecule has 0 bridgehead atoms. The number of alkyl halides is 3. The van der Waals surface area contributed by atoms with Crippen molar-refractivity contribution >= 4 is 17.7 Å². The fourth-order valence-electron chi connectivity index (χ4n) is 2.65. The van der Waals surface area contributed by atoms with Crippen LogP contribution >= 0.6 is 0 Å². The first-order chi connectivity index (χ1) is 12.1. The zero-order chi connectivity index (χ0) is 19.3. The monoisotopic (exact) mass is 373 g/mol. The summed E-state index contributed by atoms with van der Waals surface area (Å²) in [6, 6.07) is 0.0686. The Bertz CT molecular complexity index is 658. The summed E-state index contributed by atoms with van der Waals surface area (Å²) in [6.45, 7) is 3.54. The number of nitrogens with one attached hydrogen (secondary N) is 2. The molecule has 144 valence electrons. The van der Waals surface area contributed by atoms with Crippen molar-refractivity contribution in [1.29, 1.82) is 0 Å². The summed E-state index contributed by atoms with van der Waals surface area (Å²) in [5.41, 5.74) is 5.29. The minimum Gasteiger partial charge on any atom is -0.393 e. The van der Waals surface area contributed by atoms with Crippen LogP contribution in [0.25, 0.3) is 0 Å². The molecule has 1 fully saturated rings. The molecular weight excluding hydrogens is 351 g/mol. The van der Waals surface area contributed by atoms with Gasteiger partial charge in [-0.25, -0.2) is 4.98 Å². The summed E-state index contributed by atoms with van der Waals surface area (Å²) in [5, 5.41) is 15.3. The number of carbonyl (C=O) groups excluding carboxylic acids is 1. The maximum Gasteiger partial charge on any atom is 0.389 e. The summed E-state index contributed by atoms with van der Waals surface area (Å²) >= 11 is 0. The molecule has 5 N–H and O–H groups in total. The van der Waals surface area contributed by atoms with Crippen LogP contribution in [0.5, 0.6) is 0 Å². The van der Waals surface area contributed by atoms with Crippen LogP contribution in [-0.4, -0.2) is 39.3 Å². The lowest BCUT2D eigenvalue weighted by atomic mass is 9.93. The van der Waals surface area contributed by atoms with Gasteiger partial charge in [0.05, 0.1) is 6.10 Å². The van der Waals surface area contributed by atoms with Gasteiger partial charge in [-0.1, -0.05) is 6.58 Å². The van der Waals surface area contributed by atoms with Crippen LogP contribution in [0.1, 0.15) is 48.9 Å². The van der Waals surface area contributed by atoms with Gasteiger partial charge in [0, 0.05) is 24.4 Å². The Balaban J connectivity index is 2.07. The van der Waals surface area contributed by atoms with Gasteiger partial charge in [0.25, 0.3) is 5.91 Å². The van der Waals surface area contributed by atoms with Crippen molar-refractivity contribution in [1.82, 2.24) is 9.97 Å². The second-order valence-electron chi connectivity index (χ2n) is 6.31. The van der Waals surface area contributed by atoms with Crippen LogP contribution in [0.2, 0.25) is 0 Å². The highest BCUT2D eigenvalue weighted by Crippen LogP contribution is 2.25. The quantitative estimate of drug-likeness (QED) is 0.584. The van der Waals surface area contributed by atoms with Gasteiger partial charge in [0.15, 0.2) is 0 Å². The van der Waals surface area contributed by atoms with Gasteiger partial charge in [0.2, 0.25) is 5.95 Å². The van der Waals surface area contributed by atoms with E-state index in [1.165, 1.54) is 6.20 Å². The van der Waals surface area contributed by atoms with Crippen molar-refractivity contribution in [2.24, 2.45) is 5.73 Å². The Morgan fingerprint density at radius 2 is 2.00 bits per heavy atom. The molecule has 1 aliphatic carbocycles. The number of aliphatic hydroxyl groups is 1. The number of aromatic nitrogens is 2. The second kappa shape index (κ2) is 8.35. The van der Waals surface area contributed by atoms with Crippen LogP contribution in [0.15, 0.2) is 18.5 Å². The standard InChI is InChI=1S/C16H22F3N5O2/c1-9(6-7-16(17,18)19)22-14-12(13(20)26)8-21-15(24-14)23-10-2-4-11(25)5-3-10/h8,10-11,25H,1-7H2,(H2,20,26)(H2,21,22,23,24). The molecule has 2 rings (SSSR count). The zero-order valence-electron chi connectivity index (χ0n) is 14.1. The Morgan fingerprint density at radius 1 is 1.35 bits per heavy atom. The van der Waals surface area contributed by atoms with Crippen molar-refractivity contribution in [3.63, 3.8) is 0 Å². The Morgan fingerprint density at radius 3 is 2.58 bits per heavy atom. The lowest BCUT2D eigenvalue weighted by Gasteiger charge is -2.26. The van der Waals surface area contributed by atoms with Crippen molar-refractivity contribution in [3.8, 4) is 0 Å². The number of carbonyl (C=O) groups is 1. The number of allylic oxidation sites excluding steroid dienone is 1. The molecule has 0 aliphatic heterocycles. The van der Waals surface area contributed by atoms with Crippen molar-refractivity contribution in [2.45, 2.75) is 56.8 Å². The van der Waals surface area contributed by atoms with Crippen LogP contribution in [0, 0.1) is 0 Å². The molecule has 0 spiro atoms. The van der Waals surface area contributed by atoms with E-state index in [0.717, 1.165) is 12.8 Å². The number of aliphatic hydroxyl groups excluding tert-OH is 1. The third kappa shape index (κ3) is 6.17. The van der Waals surface area contributed by atoms with Crippen molar-refractivity contribution in [3.05, 3.63) is 24.0 Å². The predicted octanol–water partition coefficient (Wildman–Crippen LogP) is 2.56. The Kier molecular flexibility index (Phi) is 6.41. The third-order valence-electron chi connectivity index (χ3n) is 4.09. The average Bonchev–Trinajstić information content (AvgIpc) is 2.54. The Labute approximate surface area is 148 Å². The first-order valence-corrected chi connectivity index (χ1v) is 8.27. The molecule has 1 saturated carbocycles. The van der Waals surface area contributed by atoms with Gasteiger partial charge in [0.1, 0.15) is 11.4 Å². The van der Waals surface area contributed by atoms with Gasteiger partial charge >= 0.3 is 6.18 Å². The molecule has 0 aromatic carbocycles. The van der Waals surface area contributed by atoms with E-state index in [9.17, 15) is 23.1 Å². The molecule has 1 aromatic heterocycles. The lowest BCUT2D eigenvalue weighted by molar-refractivity contribution is -0.133. The Hall–Kier alpha value is -2.36.